The molecule has 0 radical (unpaired) electrons. The zero-order valence-electron chi connectivity index (χ0n) is 16.4. The minimum absolute atomic E-state index is 0.0168. The molecule has 146 valence electrons. The Balaban J connectivity index is 1.89. The van der Waals surface area contributed by atoms with Crippen molar-refractivity contribution in [1.82, 2.24) is 13.9 Å². The molecule has 1 aromatic carbocycles. The molecule has 1 aromatic heterocycles. The molecule has 7 nitrogen and oxygen atoms in total. The fourth-order valence-corrected chi connectivity index (χ4v) is 4.37. The molecule has 1 aliphatic rings. The minimum Gasteiger partial charge on any atom is -0.322 e. The van der Waals surface area contributed by atoms with Crippen molar-refractivity contribution in [1.29, 1.82) is 0 Å². The van der Waals surface area contributed by atoms with Gasteiger partial charge in [-0.1, -0.05) is 13.8 Å². The van der Waals surface area contributed by atoms with Gasteiger partial charge in [0.05, 0.1) is 4.90 Å². The summed E-state index contributed by atoms with van der Waals surface area (Å²) in [4.78, 5) is 19.5. The van der Waals surface area contributed by atoms with E-state index in [0.29, 0.717) is 13.0 Å². The highest BCUT2D eigenvalue weighted by Gasteiger charge is 2.31. The number of aromatic nitrogens is 2. The smallest absolute Gasteiger partial charge is 0.249 e. The average molecular weight is 391 g/mol. The molecule has 2 aromatic rings. The van der Waals surface area contributed by atoms with Crippen LogP contribution in [0.1, 0.15) is 44.1 Å². The van der Waals surface area contributed by atoms with Crippen molar-refractivity contribution in [3.63, 3.8) is 0 Å². The minimum atomic E-state index is -3.49. The first kappa shape index (κ1) is 19.6. The van der Waals surface area contributed by atoms with Gasteiger partial charge in [-0.15, -0.1) is 0 Å². The van der Waals surface area contributed by atoms with E-state index in [2.05, 4.69) is 4.98 Å². The highest BCUT2D eigenvalue weighted by atomic mass is 32.2. The molecule has 1 aliphatic heterocycles. The van der Waals surface area contributed by atoms with Gasteiger partial charge in [0.15, 0.2) is 0 Å². The number of nitrogens with zero attached hydrogens (tertiary/aromatic N) is 4. The molecule has 2 heterocycles. The van der Waals surface area contributed by atoms with Crippen LogP contribution in [0.3, 0.4) is 0 Å². The van der Waals surface area contributed by atoms with Crippen LogP contribution in [-0.4, -0.2) is 48.8 Å². The SMILES string of the molecule is CC(C)c1nccn1[C@H](C)C(=O)N1CCc2cc(S(=O)(=O)N(C)C)ccc21. The number of rotatable bonds is 5. The third kappa shape index (κ3) is 3.39. The van der Waals surface area contributed by atoms with Crippen LogP contribution in [0, 0.1) is 0 Å². The molecule has 1 atom stereocenters. The van der Waals surface area contributed by atoms with Crippen LogP contribution in [0.5, 0.6) is 0 Å². The predicted molar refractivity (Wildman–Crippen MR) is 104 cm³/mol. The molecule has 8 heteroatoms. The van der Waals surface area contributed by atoms with E-state index in [4.69, 9.17) is 0 Å². The van der Waals surface area contributed by atoms with Gasteiger partial charge in [-0.2, -0.15) is 0 Å². The lowest BCUT2D eigenvalue weighted by Crippen LogP contribution is -2.35. The Labute approximate surface area is 160 Å². The predicted octanol–water partition coefficient (Wildman–Crippen LogP) is 2.41. The third-order valence-corrected chi connectivity index (χ3v) is 6.79. The Morgan fingerprint density at radius 2 is 1.93 bits per heavy atom. The second kappa shape index (κ2) is 7.09. The summed E-state index contributed by atoms with van der Waals surface area (Å²) >= 11 is 0. The first-order valence-electron chi connectivity index (χ1n) is 9.04. The first-order chi connectivity index (χ1) is 12.6. The van der Waals surface area contributed by atoms with Gasteiger partial charge in [-0.05, 0) is 37.1 Å². The third-order valence-electron chi connectivity index (χ3n) is 4.98. The molecular weight excluding hydrogens is 364 g/mol. The van der Waals surface area contributed by atoms with Gasteiger partial charge in [-0.3, -0.25) is 4.79 Å². The van der Waals surface area contributed by atoms with Gasteiger partial charge >= 0.3 is 0 Å². The first-order valence-corrected chi connectivity index (χ1v) is 10.5. The number of carbonyl (C=O) groups is 1. The van der Waals surface area contributed by atoms with E-state index in [1.54, 1.807) is 29.3 Å². The van der Waals surface area contributed by atoms with E-state index in [9.17, 15) is 13.2 Å². The van der Waals surface area contributed by atoms with Crippen molar-refractivity contribution < 1.29 is 13.2 Å². The number of sulfonamides is 1. The zero-order valence-corrected chi connectivity index (χ0v) is 17.2. The Kier molecular flexibility index (Phi) is 5.14. The number of amides is 1. The maximum Gasteiger partial charge on any atom is 0.249 e. The Morgan fingerprint density at radius 3 is 2.56 bits per heavy atom. The summed E-state index contributed by atoms with van der Waals surface area (Å²) in [6.07, 6.45) is 4.20. The molecule has 0 aliphatic carbocycles. The van der Waals surface area contributed by atoms with Crippen LogP contribution in [0.2, 0.25) is 0 Å². The van der Waals surface area contributed by atoms with Crippen molar-refractivity contribution in [2.24, 2.45) is 0 Å². The molecule has 0 saturated heterocycles. The van der Waals surface area contributed by atoms with Gasteiger partial charge in [0.25, 0.3) is 0 Å². The zero-order chi connectivity index (χ0) is 19.9. The van der Waals surface area contributed by atoms with Crippen LogP contribution in [0.25, 0.3) is 0 Å². The molecule has 1 amide bonds. The Morgan fingerprint density at radius 1 is 1.22 bits per heavy atom. The van der Waals surface area contributed by atoms with Gasteiger partial charge in [0, 0.05) is 44.6 Å². The highest BCUT2D eigenvalue weighted by Crippen LogP contribution is 2.32. The van der Waals surface area contributed by atoms with Crippen LogP contribution in [-0.2, 0) is 21.2 Å². The molecule has 27 heavy (non-hydrogen) atoms. The van der Waals surface area contributed by atoms with E-state index in [1.807, 2.05) is 31.5 Å². The quantitative estimate of drug-likeness (QED) is 0.786. The number of fused-ring (bicyclic) bond motifs is 1. The van der Waals surface area contributed by atoms with Crippen LogP contribution in [0.15, 0.2) is 35.5 Å². The summed E-state index contributed by atoms with van der Waals surface area (Å²) in [7, 11) is -0.463. The molecule has 0 unspecified atom stereocenters. The molecular formula is C19H26N4O3S. The van der Waals surface area contributed by atoms with Gasteiger partial charge in [-0.25, -0.2) is 17.7 Å². The molecule has 0 saturated carbocycles. The topological polar surface area (TPSA) is 75.5 Å². The monoisotopic (exact) mass is 390 g/mol. The summed E-state index contributed by atoms with van der Waals surface area (Å²) in [6, 6.07) is 4.61. The van der Waals surface area contributed by atoms with Crippen molar-refractivity contribution in [3.05, 3.63) is 42.0 Å². The van der Waals surface area contributed by atoms with E-state index in [-0.39, 0.29) is 22.8 Å². The number of anilines is 1. The second-order valence-electron chi connectivity index (χ2n) is 7.34. The van der Waals surface area contributed by atoms with Crippen molar-refractivity contribution in [2.45, 2.75) is 44.0 Å². The Bertz CT molecular complexity index is 963. The Hall–Kier alpha value is -2.19. The summed E-state index contributed by atoms with van der Waals surface area (Å²) in [5.74, 6) is 1.08. The van der Waals surface area contributed by atoms with E-state index in [0.717, 1.165) is 17.1 Å². The van der Waals surface area contributed by atoms with Gasteiger partial charge in [0.2, 0.25) is 15.9 Å². The summed E-state index contributed by atoms with van der Waals surface area (Å²) in [5.41, 5.74) is 1.67. The normalized spacial score (nSPS) is 15.4. The van der Waals surface area contributed by atoms with E-state index in [1.165, 1.54) is 18.4 Å². The maximum absolute atomic E-state index is 13.1. The number of carbonyl (C=O) groups excluding carboxylic acids is 1. The van der Waals surface area contributed by atoms with Crippen LogP contribution >= 0.6 is 0 Å². The molecule has 3 rings (SSSR count). The van der Waals surface area contributed by atoms with E-state index < -0.39 is 10.0 Å². The number of benzene rings is 1. The molecule has 0 bridgehead atoms. The fourth-order valence-electron chi connectivity index (χ4n) is 3.42. The van der Waals surface area contributed by atoms with Crippen molar-refractivity contribution >= 4 is 21.6 Å². The van der Waals surface area contributed by atoms with Crippen LogP contribution < -0.4 is 4.90 Å². The lowest BCUT2D eigenvalue weighted by atomic mass is 10.1. The van der Waals surface area contributed by atoms with Crippen molar-refractivity contribution in [3.8, 4) is 0 Å². The molecule has 0 spiro atoms. The molecule has 0 N–H and O–H groups in total. The van der Waals surface area contributed by atoms with Crippen molar-refractivity contribution in [2.75, 3.05) is 25.5 Å². The maximum atomic E-state index is 13.1. The standard InChI is InChI=1S/C19H26N4O3S/c1-13(2)18-20-9-11-22(18)14(3)19(24)23-10-8-15-12-16(6-7-17(15)23)27(25,26)21(4)5/h6-7,9,11-14H,8,10H2,1-5H3/t14-/m1/s1. The number of hydrogen-bond acceptors (Lipinski definition) is 4. The van der Waals surface area contributed by atoms with Crippen LogP contribution in [0.4, 0.5) is 5.69 Å². The lowest BCUT2D eigenvalue weighted by molar-refractivity contribution is -0.121. The molecule has 0 fully saturated rings. The highest BCUT2D eigenvalue weighted by molar-refractivity contribution is 7.89. The summed E-state index contributed by atoms with van der Waals surface area (Å²) < 4.78 is 27.8. The largest absolute Gasteiger partial charge is 0.322 e. The summed E-state index contributed by atoms with van der Waals surface area (Å²) in [6.45, 7) is 6.52. The van der Waals surface area contributed by atoms with Gasteiger partial charge < -0.3 is 9.47 Å². The number of hydrogen-bond donors (Lipinski definition) is 0. The second-order valence-corrected chi connectivity index (χ2v) is 9.49. The van der Waals surface area contributed by atoms with E-state index >= 15 is 0 Å². The fraction of sp³-hybridized carbons (Fsp3) is 0.474. The summed E-state index contributed by atoms with van der Waals surface area (Å²) in [5, 5.41) is 0. The number of imidazole rings is 1. The average Bonchev–Trinajstić information content (AvgIpc) is 3.26. The lowest BCUT2D eigenvalue weighted by Gasteiger charge is -2.24. The van der Waals surface area contributed by atoms with Gasteiger partial charge in [0.1, 0.15) is 11.9 Å².